The van der Waals surface area contributed by atoms with Crippen molar-refractivity contribution in [1.29, 1.82) is 0 Å². The molecule has 0 aliphatic carbocycles. The lowest BCUT2D eigenvalue weighted by Crippen LogP contribution is -1.93. The van der Waals surface area contributed by atoms with E-state index in [-0.39, 0.29) is 3.98 Å². The number of hydrogen-bond donors (Lipinski definition) is 0. The van der Waals surface area contributed by atoms with Crippen molar-refractivity contribution in [2.45, 2.75) is 6.61 Å². The van der Waals surface area contributed by atoms with Gasteiger partial charge in [-0.3, -0.25) is 4.98 Å². The second-order valence-electron chi connectivity index (χ2n) is 1.88. The number of rotatable bonds is 2. The van der Waals surface area contributed by atoms with Crippen LogP contribution in [0.5, 0.6) is 0 Å². The van der Waals surface area contributed by atoms with Gasteiger partial charge in [-0.2, -0.15) is 0 Å². The molecule has 0 aromatic carbocycles. The van der Waals surface area contributed by atoms with Crippen molar-refractivity contribution in [3.05, 3.63) is 30.1 Å². The number of pyridine rings is 1. The Morgan fingerprint density at radius 3 is 2.73 bits per heavy atom. The van der Waals surface area contributed by atoms with Crippen LogP contribution in [0, 0.1) is 0 Å². The lowest BCUT2D eigenvalue weighted by molar-refractivity contribution is 0.172. The average molecular weight is 263 g/mol. The highest BCUT2D eigenvalue weighted by atomic mass is 127. The van der Waals surface area contributed by atoms with Crippen LogP contribution in [0.3, 0.4) is 0 Å². The molecule has 0 bridgehead atoms. The number of hydrogen-bond acceptors (Lipinski definition) is 3. The minimum absolute atomic E-state index is 0.292. The molecular formula is C7H6INO2. The van der Waals surface area contributed by atoms with Gasteiger partial charge in [-0.25, -0.2) is 4.79 Å². The monoisotopic (exact) mass is 263 g/mol. The molecule has 4 heteroatoms. The van der Waals surface area contributed by atoms with Gasteiger partial charge in [0.1, 0.15) is 6.61 Å². The van der Waals surface area contributed by atoms with E-state index in [9.17, 15) is 4.79 Å². The number of carbonyl (C=O) groups excluding carboxylic acids is 1. The van der Waals surface area contributed by atoms with E-state index >= 15 is 0 Å². The van der Waals surface area contributed by atoms with Gasteiger partial charge in [-0.1, -0.05) is 0 Å². The predicted octanol–water partition coefficient (Wildman–Crippen LogP) is 2.15. The summed E-state index contributed by atoms with van der Waals surface area (Å²) in [6.45, 7) is 0.324. The molecule has 1 aromatic heterocycles. The third-order valence-electron chi connectivity index (χ3n) is 1.10. The zero-order valence-corrected chi connectivity index (χ0v) is 7.82. The highest BCUT2D eigenvalue weighted by Gasteiger charge is 1.95. The van der Waals surface area contributed by atoms with E-state index in [0.717, 1.165) is 5.56 Å². The van der Waals surface area contributed by atoms with Gasteiger partial charge in [-0.15, -0.1) is 0 Å². The van der Waals surface area contributed by atoms with Gasteiger partial charge in [0.15, 0.2) is 0 Å². The fourth-order valence-electron chi connectivity index (χ4n) is 0.619. The predicted molar refractivity (Wildman–Crippen MR) is 48.4 cm³/mol. The van der Waals surface area contributed by atoms with Crippen LogP contribution in [-0.4, -0.2) is 8.96 Å². The summed E-state index contributed by atoms with van der Waals surface area (Å²) >= 11 is 1.59. The molecule has 0 amide bonds. The van der Waals surface area contributed by atoms with E-state index < -0.39 is 0 Å². The maximum absolute atomic E-state index is 10.4. The first-order chi connectivity index (χ1) is 5.29. The molecule has 0 atom stereocenters. The van der Waals surface area contributed by atoms with Crippen LogP contribution < -0.4 is 0 Å². The normalized spacial score (nSPS) is 9.18. The summed E-state index contributed by atoms with van der Waals surface area (Å²) < 4.78 is 4.46. The van der Waals surface area contributed by atoms with Gasteiger partial charge < -0.3 is 4.74 Å². The molecule has 0 unspecified atom stereocenters. The molecule has 0 N–H and O–H groups in total. The maximum atomic E-state index is 10.4. The highest BCUT2D eigenvalue weighted by molar-refractivity contribution is 14.1. The SMILES string of the molecule is O=C(I)OCc1ccncc1. The number of aromatic nitrogens is 1. The van der Waals surface area contributed by atoms with E-state index in [1.807, 2.05) is 0 Å². The van der Waals surface area contributed by atoms with Crippen molar-refractivity contribution in [1.82, 2.24) is 4.98 Å². The summed E-state index contributed by atoms with van der Waals surface area (Å²) in [7, 11) is 0. The smallest absolute Gasteiger partial charge is 0.367 e. The highest BCUT2D eigenvalue weighted by Crippen LogP contribution is 2.01. The Morgan fingerprint density at radius 1 is 1.55 bits per heavy atom. The van der Waals surface area contributed by atoms with Crippen LogP contribution in [0.4, 0.5) is 4.79 Å². The Bertz CT molecular complexity index is 237. The Hall–Kier alpha value is -0.650. The summed E-state index contributed by atoms with van der Waals surface area (Å²) in [6.07, 6.45) is 3.33. The number of ether oxygens (including phenoxy) is 1. The summed E-state index contributed by atoms with van der Waals surface area (Å²) in [4.78, 5) is 14.2. The molecular weight excluding hydrogens is 257 g/mol. The number of nitrogens with zero attached hydrogens (tertiary/aromatic N) is 1. The minimum atomic E-state index is -0.292. The summed E-state index contributed by atoms with van der Waals surface area (Å²) in [5.74, 6) is 0. The van der Waals surface area contributed by atoms with Crippen LogP contribution in [0.2, 0.25) is 0 Å². The van der Waals surface area contributed by atoms with Crippen LogP contribution in [0.1, 0.15) is 5.56 Å². The molecule has 0 saturated carbocycles. The van der Waals surface area contributed by atoms with E-state index in [1.54, 1.807) is 47.1 Å². The molecule has 1 rings (SSSR count). The fourth-order valence-corrected chi connectivity index (χ4v) is 0.775. The quantitative estimate of drug-likeness (QED) is 0.606. The molecule has 1 aromatic rings. The van der Waals surface area contributed by atoms with Crippen LogP contribution in [0.15, 0.2) is 24.5 Å². The summed E-state index contributed by atoms with van der Waals surface area (Å²) in [5.41, 5.74) is 0.949. The topological polar surface area (TPSA) is 39.2 Å². The molecule has 0 aliphatic rings. The molecule has 1 heterocycles. The Kier molecular flexibility index (Phi) is 3.28. The molecule has 3 nitrogen and oxygen atoms in total. The zero-order valence-electron chi connectivity index (χ0n) is 5.66. The van der Waals surface area contributed by atoms with Crippen molar-refractivity contribution in [2.75, 3.05) is 0 Å². The van der Waals surface area contributed by atoms with Crippen molar-refractivity contribution < 1.29 is 9.53 Å². The first-order valence-electron chi connectivity index (χ1n) is 3.00. The first kappa shape index (κ1) is 8.45. The van der Waals surface area contributed by atoms with Crippen LogP contribution >= 0.6 is 22.6 Å². The minimum Gasteiger partial charge on any atom is -0.453 e. The lowest BCUT2D eigenvalue weighted by atomic mass is 10.3. The van der Waals surface area contributed by atoms with Crippen molar-refractivity contribution in [3.8, 4) is 0 Å². The summed E-state index contributed by atoms with van der Waals surface area (Å²) in [6, 6.07) is 3.61. The standard InChI is InChI=1S/C7H6INO2/c8-7(10)11-5-6-1-3-9-4-2-6/h1-4H,5H2. The Labute approximate surface area is 77.9 Å². The summed E-state index contributed by atoms with van der Waals surface area (Å²) in [5, 5.41) is 0. The molecule has 0 radical (unpaired) electrons. The van der Waals surface area contributed by atoms with Crippen molar-refractivity contribution in [3.63, 3.8) is 0 Å². The van der Waals surface area contributed by atoms with Gasteiger partial charge in [0.05, 0.1) is 22.6 Å². The molecule has 11 heavy (non-hydrogen) atoms. The number of halogens is 1. The number of carbonyl (C=O) groups is 1. The fraction of sp³-hybridized carbons (Fsp3) is 0.143. The zero-order chi connectivity index (χ0) is 8.10. The average Bonchev–Trinajstić information content (AvgIpc) is 2.03. The first-order valence-corrected chi connectivity index (χ1v) is 4.08. The van der Waals surface area contributed by atoms with E-state index in [0.29, 0.717) is 6.61 Å². The molecule has 58 valence electrons. The van der Waals surface area contributed by atoms with Gasteiger partial charge in [0.2, 0.25) is 0 Å². The lowest BCUT2D eigenvalue weighted by Gasteiger charge is -1.98. The van der Waals surface area contributed by atoms with Gasteiger partial charge in [0, 0.05) is 12.4 Å². The van der Waals surface area contributed by atoms with E-state index in [4.69, 9.17) is 4.74 Å². The van der Waals surface area contributed by atoms with Crippen LogP contribution in [-0.2, 0) is 11.3 Å². The molecule has 0 saturated heterocycles. The molecule has 0 aliphatic heterocycles. The van der Waals surface area contributed by atoms with Gasteiger partial charge in [0.25, 0.3) is 0 Å². The largest absolute Gasteiger partial charge is 0.453 e. The third kappa shape index (κ3) is 3.31. The molecule has 0 spiro atoms. The Morgan fingerprint density at radius 2 is 2.18 bits per heavy atom. The maximum Gasteiger partial charge on any atom is 0.367 e. The van der Waals surface area contributed by atoms with E-state index in [2.05, 4.69) is 4.98 Å². The van der Waals surface area contributed by atoms with Gasteiger partial charge >= 0.3 is 3.98 Å². The second-order valence-corrected chi connectivity index (χ2v) is 2.76. The van der Waals surface area contributed by atoms with Crippen molar-refractivity contribution >= 4 is 26.6 Å². The van der Waals surface area contributed by atoms with Crippen molar-refractivity contribution in [2.24, 2.45) is 0 Å². The van der Waals surface area contributed by atoms with Crippen LogP contribution in [0.25, 0.3) is 0 Å². The van der Waals surface area contributed by atoms with E-state index in [1.165, 1.54) is 0 Å². The third-order valence-corrected chi connectivity index (χ3v) is 1.41. The second kappa shape index (κ2) is 4.27. The van der Waals surface area contributed by atoms with Gasteiger partial charge in [-0.05, 0) is 17.7 Å². The Balaban J connectivity index is 2.45. The molecule has 0 fully saturated rings.